The molecule has 0 bridgehead atoms. The molecule has 0 aromatic heterocycles. The first-order valence-electron chi connectivity index (χ1n) is 8.58. The lowest BCUT2D eigenvalue weighted by Gasteiger charge is -2.07. The molecular formula is C22H18Cl2N2O2. The van der Waals surface area contributed by atoms with Crippen LogP contribution in [0, 0.1) is 6.92 Å². The van der Waals surface area contributed by atoms with Gasteiger partial charge in [0.1, 0.15) is 12.4 Å². The first kappa shape index (κ1) is 19.9. The molecule has 0 fully saturated rings. The van der Waals surface area contributed by atoms with Crippen molar-refractivity contribution in [2.24, 2.45) is 5.10 Å². The summed E-state index contributed by atoms with van der Waals surface area (Å²) in [4.78, 5) is 12.2. The van der Waals surface area contributed by atoms with E-state index in [4.69, 9.17) is 27.9 Å². The molecule has 4 nitrogen and oxygen atoms in total. The summed E-state index contributed by atoms with van der Waals surface area (Å²) in [5.74, 6) is 0.495. The standard InChI is InChI=1S/C22H18Cl2N2O2/c1-15-2-10-20(11-3-15)28-14-16-4-6-17(7-5-16)22(27)26-25-13-18-8-9-19(23)12-21(18)24/h2-13H,14H2,1H3,(H,26,27)/b25-13-. The van der Waals surface area contributed by atoms with Gasteiger partial charge >= 0.3 is 0 Å². The summed E-state index contributed by atoms with van der Waals surface area (Å²) in [6.07, 6.45) is 1.47. The molecule has 0 aliphatic heterocycles. The van der Waals surface area contributed by atoms with Gasteiger partial charge < -0.3 is 4.74 Å². The van der Waals surface area contributed by atoms with Crippen molar-refractivity contribution in [1.82, 2.24) is 5.43 Å². The number of carbonyl (C=O) groups excluding carboxylic acids is 1. The van der Waals surface area contributed by atoms with Gasteiger partial charge in [0.25, 0.3) is 5.91 Å². The molecule has 3 aromatic rings. The van der Waals surface area contributed by atoms with Crippen molar-refractivity contribution >= 4 is 35.3 Å². The van der Waals surface area contributed by atoms with Crippen molar-refractivity contribution < 1.29 is 9.53 Å². The second-order valence-electron chi connectivity index (χ2n) is 6.16. The minimum absolute atomic E-state index is 0.313. The Morgan fingerprint density at radius 1 is 1.04 bits per heavy atom. The Morgan fingerprint density at radius 3 is 2.43 bits per heavy atom. The van der Waals surface area contributed by atoms with Crippen LogP contribution in [0.1, 0.15) is 27.0 Å². The highest BCUT2D eigenvalue weighted by molar-refractivity contribution is 6.36. The molecule has 0 aliphatic carbocycles. The second-order valence-corrected chi connectivity index (χ2v) is 7.01. The van der Waals surface area contributed by atoms with Crippen molar-refractivity contribution in [3.63, 3.8) is 0 Å². The van der Waals surface area contributed by atoms with Gasteiger partial charge in [-0.2, -0.15) is 5.10 Å². The molecular weight excluding hydrogens is 395 g/mol. The van der Waals surface area contributed by atoms with Gasteiger partial charge in [0.15, 0.2) is 0 Å². The van der Waals surface area contributed by atoms with Crippen molar-refractivity contribution in [2.45, 2.75) is 13.5 Å². The lowest BCUT2D eigenvalue weighted by Crippen LogP contribution is -2.17. The molecule has 142 valence electrons. The fourth-order valence-electron chi connectivity index (χ4n) is 2.38. The van der Waals surface area contributed by atoms with Gasteiger partial charge in [-0.05, 0) is 48.9 Å². The average molecular weight is 413 g/mol. The number of halogens is 2. The zero-order valence-electron chi connectivity index (χ0n) is 15.2. The molecule has 6 heteroatoms. The largest absolute Gasteiger partial charge is 0.489 e. The number of hydrazone groups is 1. The van der Waals surface area contributed by atoms with E-state index in [2.05, 4.69) is 10.5 Å². The normalized spacial score (nSPS) is 10.8. The van der Waals surface area contributed by atoms with E-state index in [1.807, 2.05) is 43.3 Å². The molecule has 0 saturated carbocycles. The van der Waals surface area contributed by atoms with E-state index in [9.17, 15) is 4.79 Å². The molecule has 3 rings (SSSR count). The predicted molar refractivity (Wildman–Crippen MR) is 113 cm³/mol. The third kappa shape index (κ3) is 5.59. The summed E-state index contributed by atoms with van der Waals surface area (Å²) in [6, 6.07) is 20.1. The first-order valence-corrected chi connectivity index (χ1v) is 9.34. The molecule has 3 aromatic carbocycles. The molecule has 0 saturated heterocycles. The van der Waals surface area contributed by atoms with E-state index < -0.39 is 0 Å². The zero-order valence-corrected chi connectivity index (χ0v) is 16.7. The topological polar surface area (TPSA) is 50.7 Å². The van der Waals surface area contributed by atoms with Gasteiger partial charge in [-0.1, -0.05) is 59.1 Å². The van der Waals surface area contributed by atoms with Crippen LogP contribution < -0.4 is 10.2 Å². The number of benzene rings is 3. The number of hydrogen-bond acceptors (Lipinski definition) is 3. The van der Waals surface area contributed by atoms with Crippen LogP contribution in [0.3, 0.4) is 0 Å². The van der Waals surface area contributed by atoms with Gasteiger partial charge in [-0.25, -0.2) is 5.43 Å². The molecule has 1 N–H and O–H groups in total. The Morgan fingerprint density at radius 2 is 1.75 bits per heavy atom. The minimum atomic E-state index is -0.313. The van der Waals surface area contributed by atoms with Gasteiger partial charge in [0.2, 0.25) is 0 Å². The summed E-state index contributed by atoms with van der Waals surface area (Å²) in [5.41, 5.74) is 5.79. The van der Waals surface area contributed by atoms with E-state index >= 15 is 0 Å². The summed E-state index contributed by atoms with van der Waals surface area (Å²) >= 11 is 11.9. The van der Waals surface area contributed by atoms with Gasteiger partial charge in [-0.15, -0.1) is 0 Å². The smallest absolute Gasteiger partial charge is 0.271 e. The SMILES string of the molecule is Cc1ccc(OCc2ccc(C(=O)N/N=C\c3ccc(Cl)cc3Cl)cc2)cc1. The Balaban J connectivity index is 1.54. The number of carbonyl (C=O) groups is 1. The maximum atomic E-state index is 12.2. The molecule has 0 heterocycles. The molecule has 0 atom stereocenters. The third-order valence-electron chi connectivity index (χ3n) is 3.97. The fraction of sp³-hybridized carbons (Fsp3) is 0.0909. The van der Waals surface area contributed by atoms with Crippen LogP contribution in [0.25, 0.3) is 0 Å². The van der Waals surface area contributed by atoms with Gasteiger partial charge in [-0.3, -0.25) is 4.79 Å². The van der Waals surface area contributed by atoms with Crippen LogP contribution >= 0.6 is 23.2 Å². The summed E-state index contributed by atoms with van der Waals surface area (Å²) in [5, 5.41) is 4.94. The molecule has 0 aliphatic rings. The molecule has 0 radical (unpaired) electrons. The number of amides is 1. The number of hydrogen-bond donors (Lipinski definition) is 1. The molecule has 1 amide bonds. The average Bonchev–Trinajstić information content (AvgIpc) is 2.69. The fourth-order valence-corrected chi connectivity index (χ4v) is 2.84. The summed E-state index contributed by atoms with van der Waals surface area (Å²) in [7, 11) is 0. The predicted octanol–water partition coefficient (Wildman–Crippen LogP) is 5.64. The van der Waals surface area contributed by atoms with Gasteiger partial charge in [0.05, 0.1) is 11.2 Å². The quantitative estimate of drug-likeness (QED) is 0.420. The highest BCUT2D eigenvalue weighted by atomic mass is 35.5. The Labute approximate surface area is 173 Å². The Hall–Kier alpha value is -2.82. The highest BCUT2D eigenvalue weighted by Crippen LogP contribution is 2.19. The minimum Gasteiger partial charge on any atom is -0.489 e. The lowest BCUT2D eigenvalue weighted by atomic mass is 10.1. The zero-order chi connectivity index (χ0) is 19.9. The maximum absolute atomic E-state index is 12.2. The number of nitrogens with one attached hydrogen (secondary N) is 1. The third-order valence-corrected chi connectivity index (χ3v) is 4.54. The van der Waals surface area contributed by atoms with E-state index in [-0.39, 0.29) is 5.91 Å². The van der Waals surface area contributed by atoms with Crippen LogP contribution in [0.5, 0.6) is 5.75 Å². The number of rotatable bonds is 6. The van der Waals surface area contributed by atoms with E-state index in [0.29, 0.717) is 27.8 Å². The van der Waals surface area contributed by atoms with E-state index in [1.165, 1.54) is 11.8 Å². The Bertz CT molecular complexity index is 984. The van der Waals surface area contributed by atoms with E-state index in [1.54, 1.807) is 30.3 Å². The van der Waals surface area contributed by atoms with Crippen LogP contribution in [0.4, 0.5) is 0 Å². The van der Waals surface area contributed by atoms with Gasteiger partial charge in [0, 0.05) is 16.1 Å². The highest BCUT2D eigenvalue weighted by Gasteiger charge is 2.05. The van der Waals surface area contributed by atoms with Crippen molar-refractivity contribution in [1.29, 1.82) is 0 Å². The number of aryl methyl sites for hydroxylation is 1. The molecule has 28 heavy (non-hydrogen) atoms. The lowest BCUT2D eigenvalue weighted by molar-refractivity contribution is 0.0955. The van der Waals surface area contributed by atoms with E-state index in [0.717, 1.165) is 11.3 Å². The van der Waals surface area contributed by atoms with Crippen molar-refractivity contribution in [2.75, 3.05) is 0 Å². The van der Waals surface area contributed by atoms with Crippen LogP contribution in [0.15, 0.2) is 71.8 Å². The monoisotopic (exact) mass is 412 g/mol. The molecule has 0 spiro atoms. The number of nitrogens with zero attached hydrogens (tertiary/aromatic N) is 1. The van der Waals surface area contributed by atoms with Crippen LogP contribution in [0.2, 0.25) is 10.0 Å². The van der Waals surface area contributed by atoms with Crippen LogP contribution in [-0.2, 0) is 6.61 Å². The summed E-state index contributed by atoms with van der Waals surface area (Å²) < 4.78 is 5.73. The molecule has 0 unspecified atom stereocenters. The van der Waals surface area contributed by atoms with Crippen molar-refractivity contribution in [3.8, 4) is 5.75 Å². The summed E-state index contributed by atoms with van der Waals surface area (Å²) in [6.45, 7) is 2.46. The number of ether oxygens (including phenoxy) is 1. The first-order chi connectivity index (χ1) is 13.5. The van der Waals surface area contributed by atoms with Crippen LogP contribution in [-0.4, -0.2) is 12.1 Å². The van der Waals surface area contributed by atoms with Crippen molar-refractivity contribution in [3.05, 3.63) is 99.0 Å². The maximum Gasteiger partial charge on any atom is 0.271 e. The Kier molecular flexibility index (Phi) is 6.69. The second kappa shape index (κ2) is 9.40.